The number of benzene rings is 1. The minimum absolute atomic E-state index is 0.0725. The molecule has 0 atom stereocenters. The third kappa shape index (κ3) is 5.06. The standard InChI is InChI=1S/C19H28N2O3/c1-4-24-18(22)14-20-10-5-11-21(13-12-20)19(23)17-8-6-16(7-9-17)15(2)3/h6-9,15H,4-5,10-14H2,1-3H3. The van der Waals surface area contributed by atoms with Crippen molar-refractivity contribution < 1.29 is 14.3 Å². The van der Waals surface area contributed by atoms with Crippen molar-refractivity contribution in [1.29, 1.82) is 0 Å². The molecule has 0 aromatic heterocycles. The van der Waals surface area contributed by atoms with Gasteiger partial charge in [0.1, 0.15) is 0 Å². The first-order valence-corrected chi connectivity index (χ1v) is 8.78. The van der Waals surface area contributed by atoms with E-state index in [1.165, 1.54) is 5.56 Å². The summed E-state index contributed by atoms with van der Waals surface area (Å²) in [6, 6.07) is 7.89. The SMILES string of the molecule is CCOC(=O)CN1CCCN(C(=O)c2ccc(C(C)C)cc2)CC1. The highest BCUT2D eigenvalue weighted by Gasteiger charge is 2.21. The molecule has 1 aromatic carbocycles. The van der Waals surface area contributed by atoms with Crippen LogP contribution < -0.4 is 0 Å². The van der Waals surface area contributed by atoms with Gasteiger partial charge in [0.2, 0.25) is 0 Å². The van der Waals surface area contributed by atoms with E-state index < -0.39 is 0 Å². The molecule has 0 spiro atoms. The maximum atomic E-state index is 12.7. The van der Waals surface area contributed by atoms with E-state index in [0.717, 1.165) is 25.1 Å². The second kappa shape index (κ2) is 8.83. The molecule has 0 aliphatic carbocycles. The molecule has 24 heavy (non-hydrogen) atoms. The highest BCUT2D eigenvalue weighted by atomic mass is 16.5. The van der Waals surface area contributed by atoms with E-state index in [9.17, 15) is 9.59 Å². The van der Waals surface area contributed by atoms with E-state index in [2.05, 4.69) is 18.7 Å². The van der Waals surface area contributed by atoms with Gasteiger partial charge < -0.3 is 9.64 Å². The van der Waals surface area contributed by atoms with E-state index in [1.807, 2.05) is 36.1 Å². The topological polar surface area (TPSA) is 49.9 Å². The zero-order valence-corrected chi connectivity index (χ0v) is 15.0. The molecule has 0 unspecified atom stereocenters. The van der Waals surface area contributed by atoms with Gasteiger partial charge in [-0.05, 0) is 37.0 Å². The molecule has 1 saturated heterocycles. The summed E-state index contributed by atoms with van der Waals surface area (Å²) in [4.78, 5) is 28.2. The molecule has 5 heteroatoms. The van der Waals surface area contributed by atoms with Crippen LogP contribution >= 0.6 is 0 Å². The van der Waals surface area contributed by atoms with Crippen LogP contribution in [0.2, 0.25) is 0 Å². The minimum Gasteiger partial charge on any atom is -0.465 e. The van der Waals surface area contributed by atoms with Crippen molar-refractivity contribution >= 4 is 11.9 Å². The molecule has 0 N–H and O–H groups in total. The molecule has 0 saturated carbocycles. The molecule has 2 rings (SSSR count). The molecule has 132 valence electrons. The van der Waals surface area contributed by atoms with Gasteiger partial charge in [0.25, 0.3) is 5.91 Å². The molecule has 1 aliphatic rings. The van der Waals surface area contributed by atoms with Gasteiger partial charge in [-0.1, -0.05) is 26.0 Å². The van der Waals surface area contributed by atoms with Crippen molar-refractivity contribution in [1.82, 2.24) is 9.80 Å². The van der Waals surface area contributed by atoms with Gasteiger partial charge in [0, 0.05) is 31.7 Å². The van der Waals surface area contributed by atoms with Crippen LogP contribution in [-0.2, 0) is 9.53 Å². The zero-order chi connectivity index (χ0) is 17.5. The third-order valence-electron chi connectivity index (χ3n) is 4.36. The van der Waals surface area contributed by atoms with E-state index >= 15 is 0 Å². The molecule has 1 amide bonds. The van der Waals surface area contributed by atoms with Crippen LogP contribution in [0.4, 0.5) is 0 Å². The molecule has 1 aromatic rings. The Morgan fingerprint density at radius 1 is 1.08 bits per heavy atom. The summed E-state index contributed by atoms with van der Waals surface area (Å²) in [6.45, 7) is 9.69. The van der Waals surface area contributed by atoms with Gasteiger partial charge >= 0.3 is 5.97 Å². The summed E-state index contributed by atoms with van der Waals surface area (Å²) >= 11 is 0. The van der Waals surface area contributed by atoms with Crippen molar-refractivity contribution in [2.75, 3.05) is 39.3 Å². The lowest BCUT2D eigenvalue weighted by molar-refractivity contribution is -0.144. The lowest BCUT2D eigenvalue weighted by Crippen LogP contribution is -2.37. The van der Waals surface area contributed by atoms with Crippen molar-refractivity contribution in [2.45, 2.75) is 33.1 Å². The Balaban J connectivity index is 1.92. The van der Waals surface area contributed by atoms with E-state index in [1.54, 1.807) is 0 Å². The van der Waals surface area contributed by atoms with E-state index in [4.69, 9.17) is 4.74 Å². The Morgan fingerprint density at radius 2 is 1.79 bits per heavy atom. The normalized spacial score (nSPS) is 16.1. The fourth-order valence-corrected chi connectivity index (χ4v) is 2.91. The zero-order valence-electron chi connectivity index (χ0n) is 15.0. The van der Waals surface area contributed by atoms with Crippen LogP contribution in [-0.4, -0.2) is 61.0 Å². The number of nitrogens with zero attached hydrogens (tertiary/aromatic N) is 2. The first-order chi connectivity index (χ1) is 11.5. The Kier molecular flexibility index (Phi) is 6.79. The summed E-state index contributed by atoms with van der Waals surface area (Å²) < 4.78 is 5.00. The van der Waals surface area contributed by atoms with Crippen LogP contribution in [0.1, 0.15) is 49.0 Å². The van der Waals surface area contributed by atoms with Gasteiger partial charge in [0.05, 0.1) is 13.2 Å². The summed E-state index contributed by atoms with van der Waals surface area (Å²) in [5, 5.41) is 0. The molecule has 5 nitrogen and oxygen atoms in total. The molecular formula is C19H28N2O3. The average Bonchev–Trinajstić information content (AvgIpc) is 2.80. The first-order valence-electron chi connectivity index (χ1n) is 8.78. The fourth-order valence-electron chi connectivity index (χ4n) is 2.91. The average molecular weight is 332 g/mol. The monoisotopic (exact) mass is 332 g/mol. The van der Waals surface area contributed by atoms with Gasteiger partial charge in [-0.3, -0.25) is 14.5 Å². The van der Waals surface area contributed by atoms with Crippen molar-refractivity contribution in [3.63, 3.8) is 0 Å². The molecule has 0 bridgehead atoms. The summed E-state index contributed by atoms with van der Waals surface area (Å²) in [5.74, 6) is 0.341. The van der Waals surface area contributed by atoms with Crippen molar-refractivity contribution in [3.05, 3.63) is 35.4 Å². The lowest BCUT2D eigenvalue weighted by atomic mass is 10.0. The third-order valence-corrected chi connectivity index (χ3v) is 4.36. The minimum atomic E-state index is -0.193. The van der Waals surface area contributed by atoms with Crippen LogP contribution in [0.3, 0.4) is 0 Å². The first kappa shape index (κ1) is 18.5. The number of carbonyl (C=O) groups excluding carboxylic acids is 2. The summed E-state index contributed by atoms with van der Waals surface area (Å²) in [6.07, 6.45) is 0.870. The quantitative estimate of drug-likeness (QED) is 0.778. The molecule has 1 heterocycles. The number of hydrogen-bond donors (Lipinski definition) is 0. The van der Waals surface area contributed by atoms with Crippen LogP contribution in [0.25, 0.3) is 0 Å². The second-order valence-electron chi connectivity index (χ2n) is 6.50. The van der Waals surface area contributed by atoms with E-state index in [-0.39, 0.29) is 11.9 Å². The summed E-state index contributed by atoms with van der Waals surface area (Å²) in [5.41, 5.74) is 1.97. The predicted octanol–water partition coefficient (Wildman–Crippen LogP) is 2.52. The molecule has 1 fully saturated rings. The summed E-state index contributed by atoms with van der Waals surface area (Å²) in [7, 11) is 0. The van der Waals surface area contributed by atoms with Gasteiger partial charge in [-0.15, -0.1) is 0 Å². The van der Waals surface area contributed by atoms with E-state index in [0.29, 0.717) is 32.2 Å². The number of carbonyl (C=O) groups is 2. The number of hydrogen-bond acceptors (Lipinski definition) is 4. The molecule has 0 radical (unpaired) electrons. The lowest BCUT2D eigenvalue weighted by Gasteiger charge is -2.21. The number of rotatable bonds is 5. The van der Waals surface area contributed by atoms with Gasteiger partial charge in [-0.2, -0.15) is 0 Å². The molecule has 1 aliphatic heterocycles. The Hall–Kier alpha value is -1.88. The Morgan fingerprint density at radius 3 is 2.42 bits per heavy atom. The van der Waals surface area contributed by atoms with Gasteiger partial charge in [0.15, 0.2) is 0 Å². The van der Waals surface area contributed by atoms with Gasteiger partial charge in [-0.25, -0.2) is 0 Å². The Labute approximate surface area is 144 Å². The molecular weight excluding hydrogens is 304 g/mol. The number of amides is 1. The van der Waals surface area contributed by atoms with Crippen molar-refractivity contribution in [3.8, 4) is 0 Å². The largest absolute Gasteiger partial charge is 0.465 e. The predicted molar refractivity (Wildman–Crippen MR) is 94.1 cm³/mol. The number of ether oxygens (including phenoxy) is 1. The maximum Gasteiger partial charge on any atom is 0.320 e. The van der Waals surface area contributed by atoms with Crippen molar-refractivity contribution in [2.24, 2.45) is 0 Å². The number of esters is 1. The van der Waals surface area contributed by atoms with Crippen LogP contribution in [0.15, 0.2) is 24.3 Å². The fraction of sp³-hybridized carbons (Fsp3) is 0.579. The highest BCUT2D eigenvalue weighted by Crippen LogP contribution is 2.16. The maximum absolute atomic E-state index is 12.7. The van der Waals surface area contributed by atoms with Crippen LogP contribution in [0, 0.1) is 0 Å². The highest BCUT2D eigenvalue weighted by molar-refractivity contribution is 5.94. The Bertz CT molecular complexity index is 554. The second-order valence-corrected chi connectivity index (χ2v) is 6.50. The van der Waals surface area contributed by atoms with Crippen LogP contribution in [0.5, 0.6) is 0 Å². The smallest absolute Gasteiger partial charge is 0.320 e.